The van der Waals surface area contributed by atoms with Crippen LogP contribution in [0.5, 0.6) is 0 Å². The van der Waals surface area contributed by atoms with E-state index in [1.54, 1.807) is 30.5 Å². The second-order valence-corrected chi connectivity index (χ2v) is 6.33. The van der Waals surface area contributed by atoms with Gasteiger partial charge in [0.2, 0.25) is 0 Å². The molecule has 5 heteroatoms. The Morgan fingerprint density at radius 1 is 1.23 bits per heavy atom. The maximum absolute atomic E-state index is 12.5. The summed E-state index contributed by atoms with van der Waals surface area (Å²) in [6.07, 6.45) is 2.47. The molecular weight excluding hydrogens is 326 g/mol. The number of fused-ring (bicyclic) bond motifs is 1. The standard InChI is InChI=1S/C21H19N3O2/c1-14-10-17-6-3-4-9-20(17)24(14)13-18(12-22)21(26)23-19-8-5-7-16(11-19)15(2)25/h3-9,11,13-14H,10H2,1-2H3,(H,23,26)/b18-13-. The minimum absolute atomic E-state index is 0.0155. The highest BCUT2D eigenvalue weighted by atomic mass is 16.1. The second-order valence-electron chi connectivity index (χ2n) is 6.33. The number of hydrogen-bond donors (Lipinski definition) is 1. The Kier molecular flexibility index (Phi) is 4.85. The number of nitrogens with one attached hydrogen (secondary N) is 1. The predicted molar refractivity (Wildman–Crippen MR) is 101 cm³/mol. The summed E-state index contributed by atoms with van der Waals surface area (Å²) in [5.41, 5.74) is 3.22. The molecular formula is C21H19N3O2. The molecule has 0 saturated carbocycles. The van der Waals surface area contributed by atoms with Crippen molar-refractivity contribution >= 4 is 23.1 Å². The maximum atomic E-state index is 12.5. The van der Waals surface area contributed by atoms with Crippen molar-refractivity contribution in [3.05, 3.63) is 71.4 Å². The number of hydrogen-bond acceptors (Lipinski definition) is 4. The Labute approximate surface area is 152 Å². The number of carbonyl (C=O) groups excluding carboxylic acids is 2. The van der Waals surface area contributed by atoms with Gasteiger partial charge in [-0.25, -0.2) is 0 Å². The normalized spacial score (nSPS) is 16.0. The number of anilines is 2. The SMILES string of the molecule is CC(=O)c1cccc(NC(=O)/C(C#N)=C\N2c3ccccc3CC2C)c1. The predicted octanol–water partition coefficient (Wildman–Crippen LogP) is 3.69. The van der Waals surface area contributed by atoms with Crippen LogP contribution in [0.25, 0.3) is 0 Å². The molecule has 5 nitrogen and oxygen atoms in total. The van der Waals surface area contributed by atoms with Gasteiger partial charge in [0.25, 0.3) is 5.91 Å². The average Bonchev–Trinajstić information content (AvgIpc) is 2.94. The van der Waals surface area contributed by atoms with E-state index in [0.29, 0.717) is 11.3 Å². The van der Waals surface area contributed by atoms with Gasteiger partial charge in [0, 0.05) is 29.2 Å². The minimum atomic E-state index is -0.496. The van der Waals surface area contributed by atoms with Gasteiger partial charge in [-0.15, -0.1) is 0 Å². The average molecular weight is 345 g/mol. The first kappa shape index (κ1) is 17.4. The molecule has 1 atom stereocenters. The third-order valence-corrected chi connectivity index (χ3v) is 4.42. The molecule has 1 aliphatic rings. The van der Waals surface area contributed by atoms with Crippen LogP contribution in [-0.4, -0.2) is 17.7 Å². The molecule has 0 radical (unpaired) electrons. The van der Waals surface area contributed by atoms with Gasteiger partial charge >= 0.3 is 0 Å². The van der Waals surface area contributed by atoms with E-state index in [2.05, 4.69) is 18.3 Å². The highest BCUT2D eigenvalue weighted by Crippen LogP contribution is 2.32. The van der Waals surface area contributed by atoms with Gasteiger partial charge in [0.15, 0.2) is 5.78 Å². The monoisotopic (exact) mass is 345 g/mol. The van der Waals surface area contributed by atoms with Crippen molar-refractivity contribution in [1.29, 1.82) is 5.26 Å². The largest absolute Gasteiger partial charge is 0.343 e. The summed E-state index contributed by atoms with van der Waals surface area (Å²) in [4.78, 5) is 25.9. The van der Waals surface area contributed by atoms with Gasteiger partial charge in [-0.1, -0.05) is 30.3 Å². The van der Waals surface area contributed by atoms with Crippen molar-refractivity contribution in [2.45, 2.75) is 26.3 Å². The molecule has 1 heterocycles. The topological polar surface area (TPSA) is 73.2 Å². The Bertz CT molecular complexity index is 940. The first-order chi connectivity index (χ1) is 12.5. The lowest BCUT2D eigenvalue weighted by Gasteiger charge is -2.20. The zero-order valence-corrected chi connectivity index (χ0v) is 14.7. The van der Waals surface area contributed by atoms with E-state index >= 15 is 0 Å². The molecule has 1 unspecified atom stereocenters. The Balaban J connectivity index is 1.84. The van der Waals surface area contributed by atoms with E-state index in [1.165, 1.54) is 12.5 Å². The van der Waals surface area contributed by atoms with Crippen molar-refractivity contribution in [1.82, 2.24) is 0 Å². The first-order valence-corrected chi connectivity index (χ1v) is 8.40. The van der Waals surface area contributed by atoms with Gasteiger partial charge in [-0.3, -0.25) is 9.59 Å². The molecule has 1 amide bonds. The first-order valence-electron chi connectivity index (χ1n) is 8.40. The fraction of sp³-hybridized carbons (Fsp3) is 0.190. The van der Waals surface area contributed by atoms with E-state index in [1.807, 2.05) is 29.2 Å². The molecule has 2 aromatic carbocycles. The van der Waals surface area contributed by atoms with Crippen molar-refractivity contribution in [3.63, 3.8) is 0 Å². The number of para-hydroxylation sites is 1. The molecule has 1 N–H and O–H groups in total. The number of benzene rings is 2. The van der Waals surface area contributed by atoms with Crippen LogP contribution in [0.15, 0.2) is 60.3 Å². The maximum Gasteiger partial charge on any atom is 0.267 e. The zero-order chi connectivity index (χ0) is 18.7. The van der Waals surface area contributed by atoms with Crippen LogP contribution in [0, 0.1) is 11.3 Å². The molecule has 0 aromatic heterocycles. The smallest absolute Gasteiger partial charge is 0.267 e. The molecule has 0 aliphatic carbocycles. The lowest BCUT2D eigenvalue weighted by Crippen LogP contribution is -2.25. The molecule has 130 valence electrons. The van der Waals surface area contributed by atoms with E-state index in [9.17, 15) is 14.9 Å². The van der Waals surface area contributed by atoms with Gasteiger partial charge in [0.05, 0.1) is 0 Å². The zero-order valence-electron chi connectivity index (χ0n) is 14.7. The number of amides is 1. The third-order valence-electron chi connectivity index (χ3n) is 4.42. The molecule has 0 spiro atoms. The Morgan fingerprint density at radius 3 is 2.73 bits per heavy atom. The number of Topliss-reactive ketones (excluding diaryl/α,β-unsaturated/α-hetero) is 1. The van der Waals surface area contributed by atoms with E-state index in [-0.39, 0.29) is 17.4 Å². The number of nitriles is 1. The van der Waals surface area contributed by atoms with Gasteiger partial charge in [0.1, 0.15) is 11.6 Å². The van der Waals surface area contributed by atoms with Crippen LogP contribution < -0.4 is 10.2 Å². The fourth-order valence-electron chi connectivity index (χ4n) is 3.08. The van der Waals surface area contributed by atoms with Crippen LogP contribution in [-0.2, 0) is 11.2 Å². The quantitative estimate of drug-likeness (QED) is 0.521. The van der Waals surface area contributed by atoms with Gasteiger partial charge < -0.3 is 10.2 Å². The van der Waals surface area contributed by atoms with Crippen LogP contribution >= 0.6 is 0 Å². The molecule has 2 aromatic rings. The van der Waals surface area contributed by atoms with Gasteiger partial charge in [-0.05, 0) is 44.0 Å². The van der Waals surface area contributed by atoms with Crippen molar-refractivity contribution in [3.8, 4) is 6.07 Å². The van der Waals surface area contributed by atoms with Crippen molar-refractivity contribution in [2.24, 2.45) is 0 Å². The molecule has 0 bridgehead atoms. The van der Waals surface area contributed by atoms with Crippen molar-refractivity contribution in [2.75, 3.05) is 10.2 Å². The van der Waals surface area contributed by atoms with Crippen molar-refractivity contribution < 1.29 is 9.59 Å². The number of ketones is 1. The molecule has 26 heavy (non-hydrogen) atoms. The lowest BCUT2D eigenvalue weighted by atomic mass is 10.1. The van der Waals surface area contributed by atoms with Crippen LogP contribution in [0.4, 0.5) is 11.4 Å². The van der Waals surface area contributed by atoms with Crippen LogP contribution in [0.2, 0.25) is 0 Å². The minimum Gasteiger partial charge on any atom is -0.343 e. The number of nitrogens with zero attached hydrogens (tertiary/aromatic N) is 2. The third kappa shape index (κ3) is 3.50. The number of carbonyl (C=O) groups is 2. The van der Waals surface area contributed by atoms with Gasteiger partial charge in [-0.2, -0.15) is 5.26 Å². The molecule has 0 saturated heterocycles. The number of rotatable bonds is 4. The summed E-state index contributed by atoms with van der Waals surface area (Å²) in [7, 11) is 0. The highest BCUT2D eigenvalue weighted by molar-refractivity contribution is 6.07. The summed E-state index contributed by atoms with van der Waals surface area (Å²) in [5, 5.41) is 12.1. The van der Waals surface area contributed by atoms with E-state index in [4.69, 9.17) is 0 Å². The van der Waals surface area contributed by atoms with Crippen LogP contribution in [0.3, 0.4) is 0 Å². The summed E-state index contributed by atoms with van der Waals surface area (Å²) in [5.74, 6) is -0.579. The summed E-state index contributed by atoms with van der Waals surface area (Å²) in [6.45, 7) is 3.52. The summed E-state index contributed by atoms with van der Waals surface area (Å²) >= 11 is 0. The highest BCUT2D eigenvalue weighted by Gasteiger charge is 2.25. The lowest BCUT2D eigenvalue weighted by molar-refractivity contribution is -0.112. The Hall–Kier alpha value is -3.39. The molecule has 0 fully saturated rings. The van der Waals surface area contributed by atoms with E-state index < -0.39 is 5.91 Å². The second kappa shape index (κ2) is 7.24. The summed E-state index contributed by atoms with van der Waals surface area (Å²) < 4.78 is 0. The molecule has 3 rings (SSSR count). The molecule has 1 aliphatic heterocycles. The van der Waals surface area contributed by atoms with Crippen LogP contribution in [0.1, 0.15) is 29.8 Å². The summed E-state index contributed by atoms with van der Waals surface area (Å²) in [6, 6.07) is 16.8. The van der Waals surface area contributed by atoms with E-state index in [0.717, 1.165) is 12.1 Å². The fourth-order valence-corrected chi connectivity index (χ4v) is 3.08. The Morgan fingerprint density at radius 2 is 2.00 bits per heavy atom.